The molecule has 1 aromatic heterocycles. The van der Waals surface area contributed by atoms with Crippen molar-refractivity contribution in [3.05, 3.63) is 35.2 Å². The summed E-state index contributed by atoms with van der Waals surface area (Å²) in [4.78, 5) is 4.33. The van der Waals surface area contributed by atoms with Crippen LogP contribution in [0.2, 0.25) is 0 Å². The molecule has 1 aromatic rings. The first-order valence-corrected chi connectivity index (χ1v) is 6.59. The van der Waals surface area contributed by atoms with Crippen LogP contribution in [0.5, 0.6) is 0 Å². The third-order valence-electron chi connectivity index (χ3n) is 4.07. The molecule has 3 heteroatoms. The van der Waals surface area contributed by atoms with Crippen molar-refractivity contribution in [2.45, 2.75) is 32.2 Å². The topological polar surface area (TPSA) is 48.7 Å². The Morgan fingerprint density at radius 3 is 3.17 bits per heavy atom. The van der Waals surface area contributed by atoms with Gasteiger partial charge < -0.3 is 5.32 Å². The van der Waals surface area contributed by atoms with E-state index in [2.05, 4.69) is 22.4 Å². The highest BCUT2D eigenvalue weighted by molar-refractivity contribution is 5.69. The summed E-state index contributed by atoms with van der Waals surface area (Å²) in [6.07, 6.45) is 7.90. The monoisotopic (exact) mass is 239 g/mol. The zero-order valence-corrected chi connectivity index (χ0v) is 10.6. The van der Waals surface area contributed by atoms with Crippen molar-refractivity contribution in [1.29, 1.82) is 5.26 Å². The summed E-state index contributed by atoms with van der Waals surface area (Å²) in [6.45, 7) is 3.02. The number of nitrogens with zero attached hydrogens (tertiary/aromatic N) is 2. The molecule has 1 aliphatic carbocycles. The molecule has 0 unspecified atom stereocenters. The quantitative estimate of drug-likeness (QED) is 0.818. The zero-order chi connectivity index (χ0) is 12.5. The highest BCUT2D eigenvalue weighted by atomic mass is 14.9. The Labute approximate surface area is 108 Å². The highest BCUT2D eigenvalue weighted by Crippen LogP contribution is 2.36. The van der Waals surface area contributed by atoms with Crippen LogP contribution in [-0.4, -0.2) is 17.6 Å². The predicted molar refractivity (Wildman–Crippen MR) is 70.8 cm³/mol. The van der Waals surface area contributed by atoms with E-state index in [4.69, 9.17) is 5.26 Å². The van der Waals surface area contributed by atoms with Crippen molar-refractivity contribution in [2.75, 3.05) is 6.54 Å². The molecule has 0 radical (unpaired) electrons. The Morgan fingerprint density at radius 1 is 1.50 bits per heavy atom. The van der Waals surface area contributed by atoms with Gasteiger partial charge in [-0.05, 0) is 55.9 Å². The largest absolute Gasteiger partial charge is 0.313 e. The van der Waals surface area contributed by atoms with E-state index in [0.717, 1.165) is 24.2 Å². The van der Waals surface area contributed by atoms with Gasteiger partial charge in [-0.2, -0.15) is 5.26 Å². The van der Waals surface area contributed by atoms with Crippen LogP contribution in [0.3, 0.4) is 0 Å². The second kappa shape index (κ2) is 4.55. The maximum atomic E-state index is 9.07. The minimum absolute atomic E-state index is 0.598. The van der Waals surface area contributed by atoms with Crippen LogP contribution >= 0.6 is 0 Å². The Balaban J connectivity index is 1.90. The number of pyridine rings is 1. The van der Waals surface area contributed by atoms with Gasteiger partial charge in [-0.25, -0.2) is 0 Å². The summed E-state index contributed by atoms with van der Waals surface area (Å²) in [5.74, 6) is 0.667. The smallest absolute Gasteiger partial charge is 0.101 e. The number of aryl methyl sites for hydroxylation is 1. The fourth-order valence-corrected chi connectivity index (χ4v) is 3.00. The van der Waals surface area contributed by atoms with Crippen LogP contribution in [0.1, 0.15) is 36.1 Å². The first kappa shape index (κ1) is 11.4. The van der Waals surface area contributed by atoms with Crippen LogP contribution in [-0.2, 0) is 0 Å². The van der Waals surface area contributed by atoms with Crippen molar-refractivity contribution < 1.29 is 0 Å². The summed E-state index contributed by atoms with van der Waals surface area (Å²) < 4.78 is 0. The molecule has 0 aromatic carbocycles. The van der Waals surface area contributed by atoms with E-state index in [1.54, 1.807) is 0 Å². The van der Waals surface area contributed by atoms with E-state index in [-0.39, 0.29) is 0 Å². The lowest BCUT2D eigenvalue weighted by atomic mass is 9.94. The third-order valence-corrected chi connectivity index (χ3v) is 4.07. The van der Waals surface area contributed by atoms with Crippen molar-refractivity contribution in [3.63, 3.8) is 0 Å². The standard InChI is InChI=1S/C15H17N3/c1-10-13(8-16)6-14(9-18-10)12-5-11-3-2-4-17-15(11)7-12/h5-6,9,11,15,17H,2-4,7H2,1H3/t11-,15+/m0/s1. The van der Waals surface area contributed by atoms with Crippen LogP contribution < -0.4 is 5.32 Å². The maximum Gasteiger partial charge on any atom is 0.101 e. The number of nitrogens with one attached hydrogen (secondary N) is 1. The molecule has 18 heavy (non-hydrogen) atoms. The van der Waals surface area contributed by atoms with Gasteiger partial charge in [0, 0.05) is 12.2 Å². The summed E-state index contributed by atoms with van der Waals surface area (Å²) >= 11 is 0. The molecule has 1 aliphatic heterocycles. The molecule has 2 atom stereocenters. The highest BCUT2D eigenvalue weighted by Gasteiger charge is 2.30. The first-order valence-electron chi connectivity index (χ1n) is 6.59. The van der Waals surface area contributed by atoms with Gasteiger partial charge in [-0.3, -0.25) is 4.98 Å². The van der Waals surface area contributed by atoms with Crippen LogP contribution in [0.25, 0.3) is 5.57 Å². The number of fused-ring (bicyclic) bond motifs is 1. The lowest BCUT2D eigenvalue weighted by Crippen LogP contribution is -2.37. The Morgan fingerprint density at radius 2 is 2.39 bits per heavy atom. The van der Waals surface area contributed by atoms with Gasteiger partial charge in [0.1, 0.15) is 6.07 Å². The van der Waals surface area contributed by atoms with Crippen molar-refractivity contribution in [1.82, 2.24) is 10.3 Å². The lowest BCUT2D eigenvalue weighted by molar-refractivity contribution is 0.348. The maximum absolute atomic E-state index is 9.07. The molecule has 0 saturated carbocycles. The Kier molecular flexibility index (Phi) is 2.89. The normalized spacial score (nSPS) is 26.3. The summed E-state index contributed by atoms with van der Waals surface area (Å²) in [5, 5.41) is 12.7. The van der Waals surface area contributed by atoms with Gasteiger partial charge in [-0.15, -0.1) is 0 Å². The molecular weight excluding hydrogens is 222 g/mol. The van der Waals surface area contributed by atoms with Gasteiger partial charge in [0.25, 0.3) is 0 Å². The van der Waals surface area contributed by atoms with Gasteiger partial charge in [0.05, 0.1) is 11.3 Å². The van der Waals surface area contributed by atoms with Crippen molar-refractivity contribution in [2.24, 2.45) is 5.92 Å². The second-order valence-corrected chi connectivity index (χ2v) is 5.23. The molecule has 3 rings (SSSR count). The third kappa shape index (κ3) is 1.93. The number of piperidine rings is 1. The van der Waals surface area contributed by atoms with E-state index >= 15 is 0 Å². The number of nitriles is 1. The minimum Gasteiger partial charge on any atom is -0.313 e. The zero-order valence-electron chi connectivity index (χ0n) is 10.6. The van der Waals surface area contributed by atoms with E-state index in [0.29, 0.717) is 17.5 Å². The molecule has 0 spiro atoms. The number of hydrogen-bond donors (Lipinski definition) is 1. The Bertz CT molecular complexity index is 539. The van der Waals surface area contributed by atoms with Gasteiger partial charge >= 0.3 is 0 Å². The fraction of sp³-hybridized carbons (Fsp3) is 0.467. The molecule has 1 saturated heterocycles. The molecular formula is C15H17N3. The summed E-state index contributed by atoms with van der Waals surface area (Å²) in [7, 11) is 0. The Hall–Kier alpha value is -1.66. The average Bonchev–Trinajstić information content (AvgIpc) is 2.83. The number of hydrogen-bond acceptors (Lipinski definition) is 3. The molecule has 3 nitrogen and oxygen atoms in total. The van der Waals surface area contributed by atoms with Crippen LogP contribution in [0.4, 0.5) is 0 Å². The average molecular weight is 239 g/mol. The van der Waals surface area contributed by atoms with E-state index < -0.39 is 0 Å². The molecule has 2 heterocycles. The molecule has 92 valence electrons. The minimum atomic E-state index is 0.598. The number of aromatic nitrogens is 1. The summed E-state index contributed by atoms with van der Waals surface area (Å²) in [6, 6.07) is 4.79. The molecule has 2 aliphatic rings. The molecule has 1 N–H and O–H groups in total. The lowest BCUT2D eigenvalue weighted by Gasteiger charge is -2.25. The number of rotatable bonds is 1. The van der Waals surface area contributed by atoms with E-state index in [1.807, 2.05) is 19.2 Å². The predicted octanol–water partition coefficient (Wildman–Crippen LogP) is 2.42. The first-order chi connectivity index (χ1) is 8.78. The van der Waals surface area contributed by atoms with Gasteiger partial charge in [-0.1, -0.05) is 6.08 Å². The molecule has 0 amide bonds. The van der Waals surface area contributed by atoms with Gasteiger partial charge in [0.15, 0.2) is 0 Å². The second-order valence-electron chi connectivity index (χ2n) is 5.23. The fourth-order valence-electron chi connectivity index (χ4n) is 3.00. The molecule has 1 fully saturated rings. The van der Waals surface area contributed by atoms with Crippen molar-refractivity contribution in [3.8, 4) is 6.07 Å². The SMILES string of the molecule is Cc1ncc(C2=C[C@@H]3CCCN[C@@H]3C2)cc1C#N. The summed E-state index contributed by atoms with van der Waals surface area (Å²) in [5.41, 5.74) is 3.98. The van der Waals surface area contributed by atoms with E-state index in [1.165, 1.54) is 18.4 Å². The molecule has 0 bridgehead atoms. The van der Waals surface area contributed by atoms with Crippen LogP contribution in [0, 0.1) is 24.2 Å². The van der Waals surface area contributed by atoms with Gasteiger partial charge in [0.2, 0.25) is 0 Å². The van der Waals surface area contributed by atoms with Crippen LogP contribution in [0.15, 0.2) is 18.3 Å². The van der Waals surface area contributed by atoms with E-state index in [9.17, 15) is 0 Å². The van der Waals surface area contributed by atoms with Crippen molar-refractivity contribution >= 4 is 5.57 Å².